The highest BCUT2D eigenvalue weighted by atomic mass is 35.5. The van der Waals surface area contributed by atoms with Crippen LogP contribution in [0.25, 0.3) is 0 Å². The SMILES string of the molecule is C[C@@H](Nc1ccc(F)c(Cl)c1)C(=O)N[C@@H]1CCS(=O)(=O)C1. The van der Waals surface area contributed by atoms with Crippen LogP contribution in [-0.4, -0.2) is 37.9 Å². The van der Waals surface area contributed by atoms with E-state index in [1.54, 1.807) is 6.92 Å². The molecule has 2 atom stereocenters. The van der Waals surface area contributed by atoms with E-state index in [0.29, 0.717) is 12.1 Å². The molecule has 1 aliphatic heterocycles. The first-order chi connectivity index (χ1) is 9.77. The van der Waals surface area contributed by atoms with Crippen LogP contribution < -0.4 is 10.6 Å². The van der Waals surface area contributed by atoms with Crippen LogP contribution in [0.4, 0.5) is 10.1 Å². The predicted octanol–water partition coefficient (Wildman–Crippen LogP) is 1.58. The monoisotopic (exact) mass is 334 g/mol. The van der Waals surface area contributed by atoms with Crippen LogP contribution in [-0.2, 0) is 14.6 Å². The molecule has 21 heavy (non-hydrogen) atoms. The first-order valence-corrected chi connectivity index (χ1v) is 8.69. The van der Waals surface area contributed by atoms with Gasteiger partial charge in [0.25, 0.3) is 0 Å². The maximum absolute atomic E-state index is 13.0. The molecule has 1 amide bonds. The Kier molecular flexibility index (Phi) is 4.73. The number of hydrogen-bond donors (Lipinski definition) is 2. The van der Waals surface area contributed by atoms with Crippen molar-refractivity contribution in [1.82, 2.24) is 5.32 Å². The van der Waals surface area contributed by atoms with Crippen LogP contribution in [0.5, 0.6) is 0 Å². The molecule has 8 heteroatoms. The van der Waals surface area contributed by atoms with Crippen LogP contribution in [0.3, 0.4) is 0 Å². The molecule has 1 aromatic carbocycles. The average molecular weight is 335 g/mol. The van der Waals surface area contributed by atoms with Gasteiger partial charge in [-0.2, -0.15) is 0 Å². The fourth-order valence-electron chi connectivity index (χ4n) is 2.14. The minimum Gasteiger partial charge on any atom is -0.374 e. The lowest BCUT2D eigenvalue weighted by atomic mass is 10.2. The molecule has 0 unspecified atom stereocenters. The Morgan fingerprint density at radius 3 is 2.76 bits per heavy atom. The van der Waals surface area contributed by atoms with E-state index in [0.717, 1.165) is 0 Å². The molecule has 0 radical (unpaired) electrons. The number of benzene rings is 1. The van der Waals surface area contributed by atoms with Gasteiger partial charge in [0.15, 0.2) is 9.84 Å². The van der Waals surface area contributed by atoms with Gasteiger partial charge in [-0.3, -0.25) is 4.79 Å². The summed E-state index contributed by atoms with van der Waals surface area (Å²) in [6.07, 6.45) is 0.434. The molecule has 0 spiro atoms. The van der Waals surface area contributed by atoms with Crippen LogP contribution >= 0.6 is 11.6 Å². The molecule has 0 aliphatic carbocycles. The van der Waals surface area contributed by atoms with Crippen molar-refractivity contribution in [3.8, 4) is 0 Å². The fourth-order valence-corrected chi connectivity index (χ4v) is 3.99. The second kappa shape index (κ2) is 6.19. The zero-order valence-corrected chi connectivity index (χ0v) is 13.0. The van der Waals surface area contributed by atoms with Gasteiger partial charge in [0.2, 0.25) is 5.91 Å². The third-order valence-electron chi connectivity index (χ3n) is 3.27. The van der Waals surface area contributed by atoms with Gasteiger partial charge in [-0.05, 0) is 31.5 Å². The molecule has 5 nitrogen and oxygen atoms in total. The van der Waals surface area contributed by atoms with Crippen LogP contribution in [0.2, 0.25) is 5.02 Å². The molecule has 0 aromatic heterocycles. The Labute approximate surface area is 127 Å². The highest BCUT2D eigenvalue weighted by Crippen LogP contribution is 2.20. The third-order valence-corrected chi connectivity index (χ3v) is 5.33. The first kappa shape index (κ1) is 16.0. The van der Waals surface area contributed by atoms with Gasteiger partial charge in [0.05, 0.1) is 16.5 Å². The van der Waals surface area contributed by atoms with Gasteiger partial charge < -0.3 is 10.6 Å². The maximum atomic E-state index is 13.0. The van der Waals surface area contributed by atoms with Crippen molar-refractivity contribution in [2.75, 3.05) is 16.8 Å². The lowest BCUT2D eigenvalue weighted by Gasteiger charge is -2.18. The van der Waals surface area contributed by atoms with Crippen molar-refractivity contribution in [2.45, 2.75) is 25.4 Å². The highest BCUT2D eigenvalue weighted by Gasteiger charge is 2.29. The summed E-state index contributed by atoms with van der Waals surface area (Å²) in [5.74, 6) is -0.755. The molecule has 0 saturated carbocycles. The number of sulfone groups is 1. The van der Waals surface area contributed by atoms with E-state index in [2.05, 4.69) is 10.6 Å². The van der Waals surface area contributed by atoms with E-state index in [1.807, 2.05) is 0 Å². The van der Waals surface area contributed by atoms with Gasteiger partial charge in [-0.15, -0.1) is 0 Å². The molecule has 116 valence electrons. The van der Waals surface area contributed by atoms with Crippen LogP contribution in [0.1, 0.15) is 13.3 Å². The Morgan fingerprint density at radius 1 is 1.48 bits per heavy atom. The van der Waals surface area contributed by atoms with Crippen molar-refractivity contribution in [3.05, 3.63) is 29.0 Å². The number of hydrogen-bond acceptors (Lipinski definition) is 4. The lowest BCUT2D eigenvalue weighted by molar-refractivity contribution is -0.122. The van der Waals surface area contributed by atoms with E-state index >= 15 is 0 Å². The summed E-state index contributed by atoms with van der Waals surface area (Å²) < 4.78 is 35.7. The van der Waals surface area contributed by atoms with Gasteiger partial charge in [-0.25, -0.2) is 12.8 Å². The number of carbonyl (C=O) groups excluding carboxylic acids is 1. The van der Waals surface area contributed by atoms with E-state index in [9.17, 15) is 17.6 Å². The molecule has 0 bridgehead atoms. The number of halogens is 2. The van der Waals surface area contributed by atoms with E-state index in [4.69, 9.17) is 11.6 Å². The highest BCUT2D eigenvalue weighted by molar-refractivity contribution is 7.91. The van der Waals surface area contributed by atoms with E-state index < -0.39 is 21.7 Å². The minimum absolute atomic E-state index is 0.0200. The zero-order chi connectivity index (χ0) is 15.6. The molecule has 2 N–H and O–H groups in total. The smallest absolute Gasteiger partial charge is 0.242 e. The molecule has 1 fully saturated rings. The Hall–Kier alpha value is -1.34. The summed E-state index contributed by atoms with van der Waals surface area (Å²) in [6.45, 7) is 1.63. The predicted molar refractivity (Wildman–Crippen MR) is 79.7 cm³/mol. The molecule has 1 heterocycles. The van der Waals surface area contributed by atoms with E-state index in [1.165, 1.54) is 18.2 Å². The fraction of sp³-hybridized carbons (Fsp3) is 0.462. The van der Waals surface area contributed by atoms with Crippen LogP contribution in [0, 0.1) is 5.82 Å². The number of carbonyl (C=O) groups is 1. The molecule has 2 rings (SSSR count). The number of amides is 1. The second-order valence-corrected chi connectivity index (χ2v) is 7.74. The summed E-state index contributed by atoms with van der Waals surface area (Å²) in [5, 5.41) is 5.55. The summed E-state index contributed by atoms with van der Waals surface area (Å²) in [7, 11) is -3.03. The normalized spacial score (nSPS) is 21.8. The number of rotatable bonds is 4. The van der Waals surface area contributed by atoms with Crippen molar-refractivity contribution in [3.63, 3.8) is 0 Å². The Morgan fingerprint density at radius 2 is 2.19 bits per heavy atom. The third kappa shape index (κ3) is 4.31. The zero-order valence-electron chi connectivity index (χ0n) is 11.4. The molecular weight excluding hydrogens is 319 g/mol. The van der Waals surface area contributed by atoms with Gasteiger partial charge >= 0.3 is 0 Å². The molecular formula is C13H16ClFN2O3S. The largest absolute Gasteiger partial charge is 0.374 e. The van der Waals surface area contributed by atoms with Crippen molar-refractivity contribution < 1.29 is 17.6 Å². The van der Waals surface area contributed by atoms with E-state index in [-0.39, 0.29) is 28.5 Å². The average Bonchev–Trinajstić information content (AvgIpc) is 2.73. The topological polar surface area (TPSA) is 75.3 Å². The van der Waals surface area contributed by atoms with Crippen molar-refractivity contribution >= 4 is 33.0 Å². The summed E-state index contributed by atoms with van der Waals surface area (Å²) in [4.78, 5) is 12.0. The van der Waals surface area contributed by atoms with Crippen LogP contribution in [0.15, 0.2) is 18.2 Å². The summed E-state index contributed by atoms with van der Waals surface area (Å²) in [5.41, 5.74) is 0.517. The van der Waals surface area contributed by atoms with Gasteiger partial charge in [0, 0.05) is 11.7 Å². The molecule has 1 aromatic rings. The summed E-state index contributed by atoms with van der Waals surface area (Å²) in [6, 6.07) is 3.14. The Balaban J connectivity index is 1.92. The molecule has 1 aliphatic rings. The van der Waals surface area contributed by atoms with Gasteiger partial charge in [0.1, 0.15) is 11.9 Å². The quantitative estimate of drug-likeness (QED) is 0.876. The second-order valence-electron chi connectivity index (χ2n) is 5.10. The minimum atomic E-state index is -3.03. The maximum Gasteiger partial charge on any atom is 0.242 e. The van der Waals surface area contributed by atoms with Gasteiger partial charge in [-0.1, -0.05) is 11.6 Å². The first-order valence-electron chi connectivity index (χ1n) is 6.49. The Bertz CT molecular complexity index is 651. The summed E-state index contributed by atoms with van der Waals surface area (Å²) >= 11 is 5.66. The standard InChI is InChI=1S/C13H16ClFN2O3S/c1-8(16-9-2-3-12(15)11(14)6-9)13(18)17-10-4-5-21(19,20)7-10/h2-3,6,8,10,16H,4-5,7H2,1H3,(H,17,18)/t8-,10-/m1/s1. The van der Waals surface area contributed by atoms with Crippen molar-refractivity contribution in [2.24, 2.45) is 0 Å². The number of anilines is 1. The van der Waals surface area contributed by atoms with Crippen molar-refractivity contribution in [1.29, 1.82) is 0 Å². The molecule has 1 saturated heterocycles. The number of nitrogens with one attached hydrogen (secondary N) is 2. The lowest BCUT2D eigenvalue weighted by Crippen LogP contribution is -2.43.